The lowest BCUT2D eigenvalue weighted by molar-refractivity contribution is 0.867. The number of hydrogen-bond acceptors (Lipinski definition) is 2. The second-order valence-electron chi connectivity index (χ2n) is 5.05. The highest BCUT2D eigenvalue weighted by molar-refractivity contribution is 7.80. The van der Waals surface area contributed by atoms with E-state index in [2.05, 4.69) is 42.7 Å². The molecule has 0 heterocycles. The highest BCUT2D eigenvalue weighted by atomic mass is 32.1. The van der Waals surface area contributed by atoms with E-state index in [9.17, 15) is 0 Å². The molecule has 0 aromatic heterocycles. The Kier molecular flexibility index (Phi) is 4.91. The van der Waals surface area contributed by atoms with E-state index in [1.54, 1.807) is 12.1 Å². The van der Waals surface area contributed by atoms with Gasteiger partial charge < -0.3 is 10.6 Å². The smallest absolute Gasteiger partial charge is 0.175 e. The van der Waals surface area contributed by atoms with E-state index in [4.69, 9.17) is 17.5 Å². The molecule has 3 nitrogen and oxygen atoms in total. The molecule has 2 N–H and O–H groups in total. The molecule has 4 heteroatoms. The van der Waals surface area contributed by atoms with Crippen LogP contribution in [0, 0.1) is 11.3 Å². The zero-order valence-corrected chi connectivity index (χ0v) is 12.9. The van der Waals surface area contributed by atoms with Crippen LogP contribution in [0.25, 0.3) is 0 Å². The third kappa shape index (κ3) is 4.30. The topological polar surface area (TPSA) is 47.8 Å². The summed E-state index contributed by atoms with van der Waals surface area (Å²) in [5, 5.41) is 15.6. The van der Waals surface area contributed by atoms with Crippen molar-refractivity contribution in [3.05, 3.63) is 59.7 Å². The average molecular weight is 295 g/mol. The first-order chi connectivity index (χ1) is 10.1. The lowest BCUT2D eigenvalue weighted by atomic mass is 10.0. The lowest BCUT2D eigenvalue weighted by Crippen LogP contribution is -2.19. The van der Waals surface area contributed by atoms with Crippen molar-refractivity contribution < 1.29 is 0 Å². The largest absolute Gasteiger partial charge is 0.332 e. The van der Waals surface area contributed by atoms with Gasteiger partial charge in [0.2, 0.25) is 0 Å². The van der Waals surface area contributed by atoms with Crippen molar-refractivity contribution >= 4 is 28.7 Å². The molecule has 0 radical (unpaired) electrons. The molecule has 0 bridgehead atoms. The van der Waals surface area contributed by atoms with Gasteiger partial charge in [0.1, 0.15) is 0 Å². The molecule has 0 fully saturated rings. The van der Waals surface area contributed by atoms with Crippen molar-refractivity contribution in [2.75, 3.05) is 10.6 Å². The maximum atomic E-state index is 8.88. The van der Waals surface area contributed by atoms with Crippen molar-refractivity contribution in [1.82, 2.24) is 0 Å². The van der Waals surface area contributed by atoms with Gasteiger partial charge in [0.25, 0.3) is 0 Å². The number of anilines is 2. The molecular formula is C17H17N3S. The van der Waals surface area contributed by atoms with Gasteiger partial charge in [0.15, 0.2) is 5.11 Å². The fraction of sp³-hybridized carbons (Fsp3) is 0.176. The minimum atomic E-state index is 0.502. The quantitative estimate of drug-likeness (QED) is 0.819. The fourth-order valence-electron chi connectivity index (χ4n) is 1.91. The van der Waals surface area contributed by atoms with Gasteiger partial charge in [-0.3, -0.25) is 0 Å². The highest BCUT2D eigenvalue weighted by Crippen LogP contribution is 2.17. The Morgan fingerprint density at radius 2 is 1.71 bits per heavy atom. The molecule has 2 aromatic carbocycles. The molecule has 0 saturated carbocycles. The van der Waals surface area contributed by atoms with Crippen LogP contribution in [0.3, 0.4) is 0 Å². The van der Waals surface area contributed by atoms with Gasteiger partial charge in [-0.25, -0.2) is 0 Å². The first-order valence-electron chi connectivity index (χ1n) is 6.76. The third-order valence-corrected chi connectivity index (χ3v) is 3.29. The predicted octanol–water partition coefficient (Wildman–Crippen LogP) is 4.49. The van der Waals surface area contributed by atoms with E-state index < -0.39 is 0 Å². The van der Waals surface area contributed by atoms with Gasteiger partial charge in [-0.15, -0.1) is 0 Å². The second kappa shape index (κ2) is 6.87. The number of nitrogens with zero attached hydrogens (tertiary/aromatic N) is 1. The number of nitrogens with one attached hydrogen (secondary N) is 2. The van der Waals surface area contributed by atoms with E-state index in [1.807, 2.05) is 24.3 Å². The number of nitriles is 1. The Morgan fingerprint density at radius 3 is 2.33 bits per heavy atom. The maximum Gasteiger partial charge on any atom is 0.175 e. The Labute approximate surface area is 130 Å². The normalized spacial score (nSPS) is 10.0. The fourth-order valence-corrected chi connectivity index (χ4v) is 2.15. The molecule has 0 unspecified atom stereocenters. The molecule has 2 rings (SSSR count). The summed E-state index contributed by atoms with van der Waals surface area (Å²) < 4.78 is 0. The molecular weight excluding hydrogens is 278 g/mol. The van der Waals surface area contributed by atoms with E-state index in [0.717, 1.165) is 11.4 Å². The van der Waals surface area contributed by atoms with Crippen LogP contribution in [-0.2, 0) is 0 Å². The summed E-state index contributed by atoms with van der Waals surface area (Å²) >= 11 is 5.28. The van der Waals surface area contributed by atoms with Crippen LogP contribution in [0.15, 0.2) is 48.5 Å². The summed E-state index contributed by atoms with van der Waals surface area (Å²) in [5.74, 6) is 0.512. The molecule has 0 aliphatic heterocycles. The minimum absolute atomic E-state index is 0.502. The summed E-state index contributed by atoms with van der Waals surface area (Å²) in [6, 6.07) is 17.5. The number of thiocarbonyl (C=S) groups is 1. The molecule has 0 amide bonds. The average Bonchev–Trinajstić information content (AvgIpc) is 2.47. The summed E-state index contributed by atoms with van der Waals surface area (Å²) in [6.07, 6.45) is 0. The van der Waals surface area contributed by atoms with Crippen molar-refractivity contribution in [3.63, 3.8) is 0 Å². The van der Waals surface area contributed by atoms with Crippen LogP contribution in [0.4, 0.5) is 11.4 Å². The first-order valence-corrected chi connectivity index (χ1v) is 7.17. The third-order valence-electron chi connectivity index (χ3n) is 3.08. The molecule has 2 aromatic rings. The molecule has 0 aliphatic rings. The Hall–Kier alpha value is -2.38. The van der Waals surface area contributed by atoms with Crippen LogP contribution in [-0.4, -0.2) is 5.11 Å². The Balaban J connectivity index is 1.99. The molecule has 0 spiro atoms. The van der Waals surface area contributed by atoms with Crippen LogP contribution in [0.1, 0.15) is 30.9 Å². The lowest BCUT2D eigenvalue weighted by Gasteiger charge is -2.12. The molecule has 21 heavy (non-hydrogen) atoms. The number of benzene rings is 2. The summed E-state index contributed by atoms with van der Waals surface area (Å²) in [6.45, 7) is 4.33. The van der Waals surface area contributed by atoms with E-state index >= 15 is 0 Å². The summed E-state index contributed by atoms with van der Waals surface area (Å²) in [4.78, 5) is 0. The Bertz CT molecular complexity index is 669. The van der Waals surface area contributed by atoms with Gasteiger partial charge in [0.05, 0.1) is 11.6 Å². The zero-order valence-electron chi connectivity index (χ0n) is 12.1. The van der Waals surface area contributed by atoms with Gasteiger partial charge >= 0.3 is 0 Å². The molecule has 0 atom stereocenters. The Morgan fingerprint density at radius 1 is 1.05 bits per heavy atom. The molecule has 0 saturated heterocycles. The zero-order chi connectivity index (χ0) is 15.2. The maximum absolute atomic E-state index is 8.88. The van der Waals surface area contributed by atoms with Crippen LogP contribution in [0.2, 0.25) is 0 Å². The van der Waals surface area contributed by atoms with E-state index in [-0.39, 0.29) is 0 Å². The number of hydrogen-bond donors (Lipinski definition) is 2. The first kappa shape index (κ1) is 15.0. The predicted molar refractivity (Wildman–Crippen MR) is 91.5 cm³/mol. The van der Waals surface area contributed by atoms with Crippen LogP contribution < -0.4 is 10.6 Å². The van der Waals surface area contributed by atoms with E-state index in [0.29, 0.717) is 16.6 Å². The molecule has 0 aliphatic carbocycles. The van der Waals surface area contributed by atoms with Gasteiger partial charge in [-0.1, -0.05) is 32.0 Å². The summed E-state index contributed by atoms with van der Waals surface area (Å²) in [5.41, 5.74) is 3.63. The highest BCUT2D eigenvalue weighted by Gasteiger charge is 2.02. The number of rotatable bonds is 3. The van der Waals surface area contributed by atoms with E-state index in [1.165, 1.54) is 5.56 Å². The van der Waals surface area contributed by atoms with Gasteiger partial charge in [-0.05, 0) is 54.0 Å². The molecule has 106 valence electrons. The van der Waals surface area contributed by atoms with Crippen LogP contribution in [0.5, 0.6) is 0 Å². The standard InChI is InChI=1S/C17H17N3S/c1-12(2)14-6-8-15(9-7-14)19-17(21)20-16-5-3-4-13(10-16)11-18/h3-10,12H,1-2H3,(H2,19,20,21). The van der Waals surface area contributed by atoms with Gasteiger partial charge in [0, 0.05) is 11.4 Å². The van der Waals surface area contributed by atoms with Crippen molar-refractivity contribution in [2.45, 2.75) is 19.8 Å². The van der Waals surface area contributed by atoms with Crippen molar-refractivity contribution in [2.24, 2.45) is 0 Å². The van der Waals surface area contributed by atoms with Crippen molar-refractivity contribution in [3.8, 4) is 6.07 Å². The monoisotopic (exact) mass is 295 g/mol. The summed E-state index contributed by atoms with van der Waals surface area (Å²) in [7, 11) is 0. The SMILES string of the molecule is CC(C)c1ccc(NC(=S)Nc2cccc(C#N)c2)cc1. The minimum Gasteiger partial charge on any atom is -0.332 e. The van der Waals surface area contributed by atoms with Crippen molar-refractivity contribution in [1.29, 1.82) is 5.26 Å². The van der Waals surface area contributed by atoms with Gasteiger partial charge in [-0.2, -0.15) is 5.26 Å². The second-order valence-corrected chi connectivity index (χ2v) is 5.46. The van der Waals surface area contributed by atoms with Crippen LogP contribution >= 0.6 is 12.2 Å².